The van der Waals surface area contributed by atoms with Gasteiger partial charge < -0.3 is 0 Å². The van der Waals surface area contributed by atoms with Gasteiger partial charge in [0, 0.05) is 5.56 Å². The van der Waals surface area contributed by atoms with Crippen molar-refractivity contribution in [2.75, 3.05) is 0 Å². The highest BCUT2D eigenvalue weighted by Crippen LogP contribution is 2.48. The molecule has 0 aliphatic heterocycles. The standard InChI is InChI=1S/C22H23F5/c1-2-8-14-9-6-7-12-16(14)20-17(22(25,26)27)13-18(23)19(21(20)24)15-10-4-3-5-11-15/h3-5,10-11,13-14,16H,2,6-9,12H2,1H3. The minimum Gasteiger partial charge on any atom is -0.206 e. The third-order valence-electron chi connectivity index (χ3n) is 5.56. The number of benzene rings is 2. The van der Waals surface area contributed by atoms with Crippen LogP contribution >= 0.6 is 0 Å². The van der Waals surface area contributed by atoms with Crippen LogP contribution in [0.1, 0.15) is 62.5 Å². The molecular weight excluding hydrogens is 359 g/mol. The summed E-state index contributed by atoms with van der Waals surface area (Å²) < 4.78 is 71.1. The summed E-state index contributed by atoms with van der Waals surface area (Å²) in [5.41, 5.74) is -1.61. The first kappa shape index (κ1) is 19.8. The SMILES string of the molecule is CCCC1CCCCC1c1c(C(F)(F)F)cc(F)c(-c2ccccc2)c1F. The quantitative estimate of drug-likeness (QED) is 0.475. The molecule has 2 aromatic carbocycles. The van der Waals surface area contributed by atoms with Crippen LogP contribution in [0.4, 0.5) is 22.0 Å². The van der Waals surface area contributed by atoms with Crippen molar-refractivity contribution in [3.05, 3.63) is 59.2 Å². The lowest BCUT2D eigenvalue weighted by molar-refractivity contribution is -0.139. The lowest BCUT2D eigenvalue weighted by Crippen LogP contribution is -2.23. The molecule has 0 bridgehead atoms. The average Bonchev–Trinajstić information content (AvgIpc) is 2.62. The van der Waals surface area contributed by atoms with E-state index in [0.29, 0.717) is 12.5 Å². The highest BCUT2D eigenvalue weighted by molar-refractivity contribution is 5.67. The third kappa shape index (κ3) is 4.02. The Morgan fingerprint density at radius 3 is 2.30 bits per heavy atom. The summed E-state index contributed by atoms with van der Waals surface area (Å²) in [6.45, 7) is 1.98. The predicted molar refractivity (Wildman–Crippen MR) is 96.4 cm³/mol. The fraction of sp³-hybridized carbons (Fsp3) is 0.455. The van der Waals surface area contributed by atoms with E-state index in [1.807, 2.05) is 6.92 Å². The summed E-state index contributed by atoms with van der Waals surface area (Å²) in [7, 11) is 0. The molecule has 0 amide bonds. The van der Waals surface area contributed by atoms with Crippen molar-refractivity contribution in [3.8, 4) is 11.1 Å². The Morgan fingerprint density at radius 1 is 1.00 bits per heavy atom. The maximum atomic E-state index is 15.5. The fourth-order valence-corrected chi connectivity index (χ4v) is 4.40. The molecule has 146 valence electrons. The average molecular weight is 382 g/mol. The van der Waals surface area contributed by atoms with Gasteiger partial charge in [-0.1, -0.05) is 62.9 Å². The van der Waals surface area contributed by atoms with Gasteiger partial charge in [-0.25, -0.2) is 8.78 Å². The first-order chi connectivity index (χ1) is 12.8. The first-order valence-corrected chi connectivity index (χ1v) is 9.49. The van der Waals surface area contributed by atoms with E-state index in [0.717, 1.165) is 32.1 Å². The Hall–Kier alpha value is -1.91. The highest BCUT2D eigenvalue weighted by atomic mass is 19.4. The number of rotatable bonds is 4. The van der Waals surface area contributed by atoms with Gasteiger partial charge in [-0.05, 0) is 36.3 Å². The molecule has 0 heterocycles. The van der Waals surface area contributed by atoms with Gasteiger partial charge in [0.05, 0.1) is 11.1 Å². The molecule has 1 fully saturated rings. The molecule has 3 rings (SSSR count). The van der Waals surface area contributed by atoms with Gasteiger partial charge in [-0.15, -0.1) is 0 Å². The van der Waals surface area contributed by atoms with E-state index in [-0.39, 0.29) is 22.6 Å². The van der Waals surface area contributed by atoms with Gasteiger partial charge >= 0.3 is 6.18 Å². The van der Waals surface area contributed by atoms with Gasteiger partial charge in [0.15, 0.2) is 0 Å². The van der Waals surface area contributed by atoms with E-state index in [1.54, 1.807) is 18.2 Å². The van der Waals surface area contributed by atoms with Gasteiger partial charge in [0.1, 0.15) is 11.6 Å². The summed E-state index contributed by atoms with van der Waals surface area (Å²) in [4.78, 5) is 0. The van der Waals surface area contributed by atoms with Crippen LogP contribution in [0, 0.1) is 17.6 Å². The topological polar surface area (TPSA) is 0 Å². The summed E-state index contributed by atoms with van der Waals surface area (Å²) in [5.74, 6) is -2.76. The van der Waals surface area contributed by atoms with Crippen LogP contribution in [0.2, 0.25) is 0 Å². The Labute approximate surface area is 156 Å². The molecule has 0 aromatic heterocycles. The van der Waals surface area contributed by atoms with Crippen LogP contribution in [0.15, 0.2) is 36.4 Å². The monoisotopic (exact) mass is 382 g/mol. The second-order valence-electron chi connectivity index (χ2n) is 7.31. The van der Waals surface area contributed by atoms with Crippen LogP contribution in [-0.2, 0) is 6.18 Å². The molecule has 5 heteroatoms. The summed E-state index contributed by atoms with van der Waals surface area (Å²) in [6, 6.07) is 8.45. The molecule has 0 N–H and O–H groups in total. The minimum atomic E-state index is -4.79. The molecule has 0 nitrogen and oxygen atoms in total. The zero-order valence-electron chi connectivity index (χ0n) is 15.3. The summed E-state index contributed by atoms with van der Waals surface area (Å²) in [6.07, 6.45) is -0.217. The van der Waals surface area contributed by atoms with Crippen molar-refractivity contribution in [1.29, 1.82) is 0 Å². The van der Waals surface area contributed by atoms with Crippen LogP contribution < -0.4 is 0 Å². The maximum absolute atomic E-state index is 15.5. The van der Waals surface area contributed by atoms with E-state index in [2.05, 4.69) is 0 Å². The summed E-state index contributed by atoms with van der Waals surface area (Å²) >= 11 is 0. The lowest BCUT2D eigenvalue weighted by atomic mass is 9.71. The molecule has 27 heavy (non-hydrogen) atoms. The highest BCUT2D eigenvalue weighted by Gasteiger charge is 2.41. The molecule has 1 saturated carbocycles. The molecule has 0 radical (unpaired) electrons. The van der Waals surface area contributed by atoms with E-state index >= 15 is 4.39 Å². The van der Waals surface area contributed by atoms with E-state index in [1.165, 1.54) is 12.1 Å². The molecular formula is C22H23F5. The van der Waals surface area contributed by atoms with Gasteiger partial charge in [0.2, 0.25) is 0 Å². The Morgan fingerprint density at radius 2 is 1.67 bits per heavy atom. The van der Waals surface area contributed by atoms with E-state index in [9.17, 15) is 17.6 Å². The molecule has 0 saturated heterocycles. The van der Waals surface area contributed by atoms with Crippen molar-refractivity contribution < 1.29 is 22.0 Å². The van der Waals surface area contributed by atoms with Gasteiger partial charge in [-0.2, -0.15) is 13.2 Å². The number of hydrogen-bond acceptors (Lipinski definition) is 0. The smallest absolute Gasteiger partial charge is 0.206 e. The van der Waals surface area contributed by atoms with Crippen molar-refractivity contribution in [1.82, 2.24) is 0 Å². The molecule has 2 aromatic rings. The van der Waals surface area contributed by atoms with E-state index in [4.69, 9.17) is 0 Å². The number of hydrogen-bond donors (Lipinski definition) is 0. The molecule has 0 spiro atoms. The predicted octanol–water partition coefficient (Wildman–Crippen LogP) is 7.72. The summed E-state index contributed by atoms with van der Waals surface area (Å²) in [5, 5.41) is 0. The maximum Gasteiger partial charge on any atom is 0.416 e. The second kappa shape index (κ2) is 7.99. The van der Waals surface area contributed by atoms with Crippen LogP contribution in [0.5, 0.6) is 0 Å². The zero-order valence-corrected chi connectivity index (χ0v) is 15.3. The largest absolute Gasteiger partial charge is 0.416 e. The normalized spacial score (nSPS) is 20.7. The van der Waals surface area contributed by atoms with Crippen LogP contribution in [0.25, 0.3) is 11.1 Å². The first-order valence-electron chi connectivity index (χ1n) is 9.49. The molecule has 2 atom stereocenters. The Bertz CT molecular complexity index is 778. The number of alkyl halides is 3. The molecule has 1 aliphatic carbocycles. The van der Waals surface area contributed by atoms with Crippen LogP contribution in [-0.4, -0.2) is 0 Å². The van der Waals surface area contributed by atoms with Crippen molar-refractivity contribution in [3.63, 3.8) is 0 Å². The van der Waals surface area contributed by atoms with Crippen molar-refractivity contribution in [2.24, 2.45) is 5.92 Å². The zero-order chi connectivity index (χ0) is 19.6. The Balaban J connectivity index is 2.23. The fourth-order valence-electron chi connectivity index (χ4n) is 4.40. The third-order valence-corrected chi connectivity index (χ3v) is 5.56. The molecule has 1 aliphatic rings. The lowest BCUT2D eigenvalue weighted by Gasteiger charge is -2.34. The van der Waals surface area contributed by atoms with E-state index < -0.39 is 29.3 Å². The van der Waals surface area contributed by atoms with Gasteiger partial charge in [0.25, 0.3) is 0 Å². The number of halogens is 5. The van der Waals surface area contributed by atoms with Crippen molar-refractivity contribution >= 4 is 0 Å². The molecule has 2 unspecified atom stereocenters. The van der Waals surface area contributed by atoms with Gasteiger partial charge in [-0.3, -0.25) is 0 Å². The van der Waals surface area contributed by atoms with Crippen molar-refractivity contribution in [2.45, 2.75) is 57.5 Å². The second-order valence-corrected chi connectivity index (χ2v) is 7.31. The Kier molecular flexibility index (Phi) is 5.87. The van der Waals surface area contributed by atoms with Crippen LogP contribution in [0.3, 0.4) is 0 Å². The minimum absolute atomic E-state index is 0.00608.